The normalized spacial score (nSPS) is 19.4. The molecule has 16 rings (SSSR count). The third-order valence-corrected chi connectivity index (χ3v) is 24.5. The molecular formula is C85H86Cl10N16O10. The fourth-order valence-corrected chi connectivity index (χ4v) is 17.4. The number of β-amino-alcohol motifs (C(OH)–C–C–N with tert-alkyl or cyclic N) is 4. The Kier molecular flexibility index (Phi) is 30.2. The minimum absolute atomic E-state index is 0.134. The van der Waals surface area contributed by atoms with Crippen LogP contribution < -0.4 is 21.3 Å². The van der Waals surface area contributed by atoms with E-state index in [1.807, 2.05) is 75.9 Å². The number of hydrogen-bond donors (Lipinski definition) is 12. The van der Waals surface area contributed by atoms with Crippen molar-refractivity contribution in [1.29, 1.82) is 0 Å². The van der Waals surface area contributed by atoms with Crippen LogP contribution in [-0.2, 0) is 76.3 Å². The van der Waals surface area contributed by atoms with Crippen molar-refractivity contribution in [3.8, 4) is 0 Å². The van der Waals surface area contributed by atoms with Crippen LogP contribution in [0.1, 0.15) is 98.3 Å². The first-order chi connectivity index (χ1) is 57.8. The van der Waals surface area contributed by atoms with Crippen LogP contribution in [0.25, 0.3) is 44.1 Å². The predicted octanol–water partition coefficient (Wildman–Crippen LogP) is 14.5. The maximum Gasteiger partial charge on any atom is 0.337 e. The van der Waals surface area contributed by atoms with E-state index in [2.05, 4.69) is 74.1 Å². The fourth-order valence-electron chi connectivity index (χ4n) is 15.2. The third-order valence-electron chi connectivity index (χ3n) is 21.5. The van der Waals surface area contributed by atoms with E-state index >= 15 is 0 Å². The number of aliphatic hydroxyl groups is 4. The van der Waals surface area contributed by atoms with Crippen LogP contribution >= 0.6 is 116 Å². The number of carbonyl (C=O) groups excluding carboxylic acids is 5. The summed E-state index contributed by atoms with van der Waals surface area (Å²) < 4.78 is 4.73. The topological polar surface area (TPSA) is 351 Å². The van der Waals surface area contributed by atoms with Crippen LogP contribution in [0.15, 0.2) is 133 Å². The lowest BCUT2D eigenvalue weighted by atomic mass is 10.1. The molecule has 636 valence electrons. The number of nitrogens with zero attached hydrogens (tertiary/aromatic N) is 8. The SMILES string of the molecule is COC(=O)c1ccc2nc(CNC(=O)[C@@H]3C[C@@H](O)CN3Cc3ccc(Cl)cc3Cl)[nH]c2c1.Cc1cc2[nH]c(CNC(=O)[C@@H]3C[C@@H](O)CN3Cc3ccc(Cl)cc3Cl)nc2cc1Cl.Cc1ccc2[nH]c(CNC(=O)[C@@H]3C[C@@H](O)CN3Cc3ccc(Cl)cc3Cl)nc2c1C.O=C(NCc1nc2ccc(Cl)cc2[nH]1)[C@@H]1C[C@@H](O)CN1Cc1ccc(Cl)cc1Cl. The molecular weight excluding hydrogens is 1760 g/mol. The summed E-state index contributed by atoms with van der Waals surface area (Å²) in [5.74, 6) is 1.45. The molecule has 4 fully saturated rings. The number of halogens is 10. The molecule has 0 unspecified atom stereocenters. The second-order valence-electron chi connectivity index (χ2n) is 30.3. The van der Waals surface area contributed by atoms with Gasteiger partial charge in [0.05, 0.1) is 132 Å². The number of imidazole rings is 4. The summed E-state index contributed by atoms with van der Waals surface area (Å²) in [4.78, 5) is 102. The van der Waals surface area contributed by atoms with E-state index < -0.39 is 54.6 Å². The Morgan fingerprint density at radius 1 is 0.372 bits per heavy atom. The molecule has 26 nitrogen and oxygen atoms in total. The van der Waals surface area contributed by atoms with Gasteiger partial charge in [-0.3, -0.25) is 38.8 Å². The zero-order valence-corrected chi connectivity index (χ0v) is 73.3. The molecule has 4 aromatic heterocycles. The van der Waals surface area contributed by atoms with Crippen molar-refractivity contribution in [1.82, 2.24) is 80.7 Å². The van der Waals surface area contributed by atoms with Gasteiger partial charge >= 0.3 is 5.97 Å². The Balaban J connectivity index is 0.000000139. The number of amides is 4. The highest BCUT2D eigenvalue weighted by Crippen LogP contribution is 2.34. The number of aryl methyl sites for hydroxylation is 3. The Morgan fingerprint density at radius 2 is 0.694 bits per heavy atom. The van der Waals surface area contributed by atoms with Crippen molar-refractivity contribution < 1.29 is 49.1 Å². The lowest BCUT2D eigenvalue weighted by Crippen LogP contribution is -2.42. The number of rotatable bonds is 21. The molecule has 8 atom stereocenters. The number of H-pyrrole nitrogens is 4. The van der Waals surface area contributed by atoms with Gasteiger partial charge in [0.25, 0.3) is 0 Å². The van der Waals surface area contributed by atoms with E-state index in [-0.39, 0.29) is 43.3 Å². The monoisotopic (exact) mass is 1840 g/mol. The van der Waals surface area contributed by atoms with Crippen LogP contribution in [0.3, 0.4) is 0 Å². The smallest absolute Gasteiger partial charge is 0.337 e. The van der Waals surface area contributed by atoms with E-state index in [0.717, 1.165) is 66.5 Å². The molecule has 0 saturated carbocycles. The lowest BCUT2D eigenvalue weighted by Gasteiger charge is -2.23. The predicted molar refractivity (Wildman–Crippen MR) is 472 cm³/mol. The summed E-state index contributed by atoms with van der Waals surface area (Å²) >= 11 is 61.1. The summed E-state index contributed by atoms with van der Waals surface area (Å²) in [5, 5.41) is 57.9. The quantitative estimate of drug-likeness (QED) is 0.0297. The number of aliphatic hydroxyl groups excluding tert-OH is 4. The molecule has 12 N–H and O–H groups in total. The van der Waals surface area contributed by atoms with Gasteiger partial charge in [-0.05, 0) is 189 Å². The Labute approximate surface area is 746 Å². The van der Waals surface area contributed by atoms with Gasteiger partial charge in [0.2, 0.25) is 23.6 Å². The average molecular weight is 1850 g/mol. The third kappa shape index (κ3) is 23.1. The zero-order valence-electron chi connectivity index (χ0n) is 65.7. The number of benzene rings is 8. The molecule has 8 heterocycles. The van der Waals surface area contributed by atoms with E-state index in [1.165, 1.54) is 12.7 Å². The zero-order chi connectivity index (χ0) is 86.2. The van der Waals surface area contributed by atoms with Crippen LogP contribution in [0.5, 0.6) is 0 Å². The minimum Gasteiger partial charge on any atom is -0.465 e. The number of hydrogen-bond acceptors (Lipinski definition) is 18. The number of esters is 1. The molecule has 0 bridgehead atoms. The maximum atomic E-state index is 12.9. The molecule has 12 aromatic rings. The molecule has 0 spiro atoms. The number of fused-ring (bicyclic) bond motifs is 4. The standard InChI is InChI=1S/C22H22Cl2N4O4.C22H24Cl2N4O2.C21H21Cl3N4O2.C20H19Cl3N4O2/c1-32-22(31)12-3-5-17-18(6-12)27-20(26-17)9-25-21(30)19-8-15(29)11-28(19)10-13-2-4-14(23)7-16(13)24;1-12-3-6-18-21(13(12)2)27-20(26-18)9-25-22(30)19-8-16(29)11-28(19)10-14-4-5-15(23)7-17(14)24;1-11-4-17-18(7-15(11)23)27-20(26-17)8-25-21(30)19-6-14(29)10-28(19)9-12-2-3-13(22)5-16(12)24;21-12-2-1-11(15(23)5-12)9-27-10-14(28)7-18(27)20(29)24-8-19-25-16-4-3-13(22)6-17(16)26-19/h2-7,15,19,29H,8-11H2,1H3,(H,25,30)(H,26,27);3-7,16,19,29H,8-11H2,1-2H3,(H,25,30)(H,26,27);2-5,7,14,19,29H,6,8-10H2,1H3,(H,25,30)(H,26,27);1-6,14,18,28H,7-10H2,(H,24,29)(H,25,26)/t15-,19+;16-,19+;14-,19+;14-,18+/m1111/s1. The number of aromatic amines is 4. The molecule has 4 amide bonds. The first-order valence-electron chi connectivity index (χ1n) is 38.7. The van der Waals surface area contributed by atoms with Crippen molar-refractivity contribution in [3.63, 3.8) is 0 Å². The van der Waals surface area contributed by atoms with Crippen molar-refractivity contribution in [2.75, 3.05) is 33.3 Å². The minimum atomic E-state index is -0.597. The summed E-state index contributed by atoms with van der Waals surface area (Å²) in [5.41, 5.74) is 13.6. The lowest BCUT2D eigenvalue weighted by molar-refractivity contribution is -0.126. The second kappa shape index (κ2) is 40.5. The van der Waals surface area contributed by atoms with Gasteiger partial charge in [0.15, 0.2) is 0 Å². The summed E-state index contributed by atoms with van der Waals surface area (Å²) in [6.07, 6.45) is -0.829. The number of aromatic nitrogens is 8. The van der Waals surface area contributed by atoms with Gasteiger partial charge in [0.1, 0.15) is 23.3 Å². The van der Waals surface area contributed by atoms with Gasteiger partial charge < -0.3 is 66.4 Å². The number of nitrogens with one attached hydrogen (secondary N) is 8. The molecule has 121 heavy (non-hydrogen) atoms. The number of carbonyl (C=O) groups is 5. The highest BCUT2D eigenvalue weighted by atomic mass is 35.5. The van der Waals surface area contributed by atoms with Crippen molar-refractivity contribution in [2.24, 2.45) is 0 Å². The van der Waals surface area contributed by atoms with Crippen LogP contribution in [0.2, 0.25) is 50.2 Å². The summed E-state index contributed by atoms with van der Waals surface area (Å²) in [6.45, 7) is 10.4. The first-order valence-corrected chi connectivity index (χ1v) is 42.5. The molecule has 4 saturated heterocycles. The molecule has 4 aliphatic rings. The van der Waals surface area contributed by atoms with Crippen LogP contribution in [0.4, 0.5) is 0 Å². The van der Waals surface area contributed by atoms with E-state index in [0.29, 0.717) is 175 Å². The molecule has 36 heteroatoms. The Hall–Kier alpha value is -8.43. The van der Waals surface area contributed by atoms with Gasteiger partial charge in [-0.2, -0.15) is 0 Å². The van der Waals surface area contributed by atoms with Crippen LogP contribution in [0, 0.1) is 20.8 Å². The highest BCUT2D eigenvalue weighted by Gasteiger charge is 2.40. The Bertz CT molecular complexity index is 5770. The van der Waals surface area contributed by atoms with Crippen molar-refractivity contribution in [2.45, 2.75) is 147 Å². The number of likely N-dealkylation sites (tertiary alicyclic amines) is 4. The number of methoxy groups -OCH3 is 1. The summed E-state index contributed by atoms with van der Waals surface area (Å²) in [6, 6.07) is 37.5. The highest BCUT2D eigenvalue weighted by molar-refractivity contribution is 6.37. The van der Waals surface area contributed by atoms with Gasteiger partial charge in [-0.25, -0.2) is 24.7 Å². The van der Waals surface area contributed by atoms with E-state index in [1.54, 1.807) is 84.9 Å². The Morgan fingerprint density at radius 3 is 1.07 bits per heavy atom. The van der Waals surface area contributed by atoms with Gasteiger partial charge in [-0.1, -0.05) is 146 Å². The summed E-state index contributed by atoms with van der Waals surface area (Å²) in [7, 11) is 1.32. The molecule has 0 radical (unpaired) electrons. The maximum absolute atomic E-state index is 12.9. The first kappa shape index (κ1) is 90.3. The fraction of sp³-hybridized carbons (Fsp3) is 0.329. The second-order valence-corrected chi connectivity index (χ2v) is 34.5. The molecule has 8 aromatic carbocycles. The van der Waals surface area contributed by atoms with Gasteiger partial charge in [-0.15, -0.1) is 0 Å². The van der Waals surface area contributed by atoms with Crippen molar-refractivity contribution in [3.05, 3.63) is 251 Å². The van der Waals surface area contributed by atoms with E-state index in [4.69, 9.17) is 121 Å². The molecule has 4 aliphatic heterocycles. The van der Waals surface area contributed by atoms with E-state index in [9.17, 15) is 44.4 Å². The average Bonchev–Trinajstić information content (AvgIpc) is 1.68. The molecule has 0 aliphatic carbocycles. The van der Waals surface area contributed by atoms with Crippen LogP contribution in [-0.4, -0.2) is 191 Å². The number of ether oxygens (including phenoxy) is 1. The van der Waals surface area contributed by atoms with Gasteiger partial charge in [0, 0.05) is 103 Å². The van der Waals surface area contributed by atoms with Crippen molar-refractivity contribution >= 4 is 190 Å². The largest absolute Gasteiger partial charge is 0.465 e.